The van der Waals surface area contributed by atoms with E-state index in [-0.39, 0.29) is 16.2 Å². The SMILES string of the molecule is CCS(=O)(=O)c1ccccc1C(=O)Nc1ccc(N2CCCCC2)cc1. The molecule has 0 bridgehead atoms. The van der Waals surface area contributed by atoms with Crippen LogP contribution in [0.5, 0.6) is 0 Å². The summed E-state index contributed by atoms with van der Waals surface area (Å²) >= 11 is 0. The fraction of sp³-hybridized carbons (Fsp3) is 0.350. The molecule has 0 aromatic heterocycles. The summed E-state index contributed by atoms with van der Waals surface area (Å²) < 4.78 is 24.4. The number of rotatable bonds is 5. The Hall–Kier alpha value is -2.34. The van der Waals surface area contributed by atoms with Gasteiger partial charge in [-0.1, -0.05) is 19.1 Å². The lowest BCUT2D eigenvalue weighted by atomic mass is 10.1. The first-order chi connectivity index (χ1) is 12.5. The third-order valence-corrected chi connectivity index (χ3v) is 6.48. The Kier molecular flexibility index (Phi) is 5.61. The van der Waals surface area contributed by atoms with Crippen molar-refractivity contribution in [2.45, 2.75) is 31.1 Å². The van der Waals surface area contributed by atoms with Crippen molar-refractivity contribution in [1.82, 2.24) is 0 Å². The zero-order valence-electron chi connectivity index (χ0n) is 14.9. The van der Waals surface area contributed by atoms with Crippen molar-refractivity contribution >= 4 is 27.1 Å². The number of piperidine rings is 1. The van der Waals surface area contributed by atoms with Crippen molar-refractivity contribution in [2.75, 3.05) is 29.1 Å². The Bertz CT molecular complexity index is 870. The normalized spacial score (nSPS) is 14.9. The first-order valence-electron chi connectivity index (χ1n) is 8.99. The van der Waals surface area contributed by atoms with E-state index in [0.717, 1.165) is 18.8 Å². The van der Waals surface area contributed by atoms with Crippen LogP contribution in [-0.4, -0.2) is 33.2 Å². The van der Waals surface area contributed by atoms with Gasteiger partial charge in [0.1, 0.15) is 0 Å². The van der Waals surface area contributed by atoms with Gasteiger partial charge < -0.3 is 10.2 Å². The van der Waals surface area contributed by atoms with Gasteiger partial charge in [0, 0.05) is 24.5 Å². The van der Waals surface area contributed by atoms with E-state index < -0.39 is 15.7 Å². The lowest BCUT2D eigenvalue weighted by Crippen LogP contribution is -2.29. The molecule has 5 nitrogen and oxygen atoms in total. The predicted octanol–water partition coefficient (Wildman–Crippen LogP) is 3.72. The molecule has 0 saturated carbocycles. The molecular weight excluding hydrogens is 348 g/mol. The molecule has 0 unspecified atom stereocenters. The van der Waals surface area contributed by atoms with Gasteiger partial charge in [0.25, 0.3) is 5.91 Å². The van der Waals surface area contributed by atoms with Crippen molar-refractivity contribution in [3.63, 3.8) is 0 Å². The number of hydrogen-bond donors (Lipinski definition) is 1. The van der Waals surface area contributed by atoms with Gasteiger partial charge in [-0.25, -0.2) is 8.42 Å². The van der Waals surface area contributed by atoms with Gasteiger partial charge in [0.15, 0.2) is 9.84 Å². The predicted molar refractivity (Wildman–Crippen MR) is 105 cm³/mol. The minimum absolute atomic E-state index is 0.0399. The maximum atomic E-state index is 12.6. The lowest BCUT2D eigenvalue weighted by Gasteiger charge is -2.28. The van der Waals surface area contributed by atoms with E-state index in [4.69, 9.17) is 0 Å². The van der Waals surface area contributed by atoms with Gasteiger partial charge >= 0.3 is 0 Å². The molecule has 0 spiro atoms. The van der Waals surface area contributed by atoms with E-state index in [9.17, 15) is 13.2 Å². The highest BCUT2D eigenvalue weighted by Gasteiger charge is 2.20. The van der Waals surface area contributed by atoms with Crippen LogP contribution in [0.25, 0.3) is 0 Å². The molecule has 3 rings (SSSR count). The highest BCUT2D eigenvalue weighted by Crippen LogP contribution is 2.23. The summed E-state index contributed by atoms with van der Waals surface area (Å²) in [6.07, 6.45) is 3.70. The van der Waals surface area contributed by atoms with Crippen LogP contribution >= 0.6 is 0 Å². The summed E-state index contributed by atoms with van der Waals surface area (Å²) in [5.41, 5.74) is 1.98. The molecule has 1 saturated heterocycles. The summed E-state index contributed by atoms with van der Waals surface area (Å²) in [6.45, 7) is 3.70. The molecule has 26 heavy (non-hydrogen) atoms. The minimum atomic E-state index is -3.45. The molecule has 0 radical (unpaired) electrons. The average molecular weight is 372 g/mol. The Morgan fingerprint density at radius 1 is 1.00 bits per heavy atom. The third kappa shape index (κ3) is 4.07. The fourth-order valence-electron chi connectivity index (χ4n) is 3.19. The van der Waals surface area contributed by atoms with E-state index in [1.807, 2.05) is 24.3 Å². The number of nitrogens with zero attached hydrogens (tertiary/aromatic N) is 1. The molecule has 6 heteroatoms. The number of hydrogen-bond acceptors (Lipinski definition) is 4. The average Bonchev–Trinajstić information content (AvgIpc) is 2.69. The molecule has 0 atom stereocenters. The molecular formula is C20H24N2O3S. The molecule has 1 amide bonds. The zero-order valence-corrected chi connectivity index (χ0v) is 15.8. The largest absolute Gasteiger partial charge is 0.372 e. The van der Waals surface area contributed by atoms with Crippen LogP contribution in [0.1, 0.15) is 36.5 Å². The number of carbonyl (C=O) groups excluding carboxylic acids is 1. The molecule has 1 heterocycles. The van der Waals surface area contributed by atoms with Gasteiger partial charge in [0.2, 0.25) is 0 Å². The van der Waals surface area contributed by atoms with Gasteiger partial charge in [-0.3, -0.25) is 4.79 Å². The highest BCUT2D eigenvalue weighted by atomic mass is 32.2. The molecule has 2 aromatic carbocycles. The van der Waals surface area contributed by atoms with Crippen LogP contribution in [0, 0.1) is 0 Å². The van der Waals surface area contributed by atoms with Crippen molar-refractivity contribution in [1.29, 1.82) is 0 Å². The lowest BCUT2D eigenvalue weighted by molar-refractivity contribution is 0.102. The molecule has 1 aliphatic heterocycles. The molecule has 1 N–H and O–H groups in total. The van der Waals surface area contributed by atoms with Crippen LogP contribution in [-0.2, 0) is 9.84 Å². The summed E-state index contributed by atoms with van der Waals surface area (Å²) in [5.74, 6) is -0.453. The topological polar surface area (TPSA) is 66.5 Å². The number of nitrogens with one attached hydrogen (secondary N) is 1. The van der Waals surface area contributed by atoms with E-state index in [0.29, 0.717) is 5.69 Å². The number of carbonyl (C=O) groups is 1. The fourth-order valence-corrected chi connectivity index (χ4v) is 4.28. The van der Waals surface area contributed by atoms with Crippen LogP contribution < -0.4 is 10.2 Å². The molecule has 138 valence electrons. The number of amides is 1. The van der Waals surface area contributed by atoms with Crippen molar-refractivity contribution in [3.05, 3.63) is 54.1 Å². The Balaban J connectivity index is 1.76. The molecule has 0 aliphatic carbocycles. The first-order valence-corrected chi connectivity index (χ1v) is 10.6. The maximum absolute atomic E-state index is 12.6. The number of anilines is 2. The van der Waals surface area contributed by atoms with Crippen LogP contribution in [0.2, 0.25) is 0 Å². The van der Waals surface area contributed by atoms with Crippen molar-refractivity contribution in [2.24, 2.45) is 0 Å². The number of sulfone groups is 1. The zero-order chi connectivity index (χ0) is 18.6. The minimum Gasteiger partial charge on any atom is -0.372 e. The van der Waals surface area contributed by atoms with Crippen LogP contribution in [0.15, 0.2) is 53.4 Å². The maximum Gasteiger partial charge on any atom is 0.256 e. The van der Waals surface area contributed by atoms with Gasteiger partial charge in [0.05, 0.1) is 16.2 Å². The van der Waals surface area contributed by atoms with E-state index >= 15 is 0 Å². The summed E-state index contributed by atoms with van der Waals surface area (Å²) in [7, 11) is -3.45. The second kappa shape index (κ2) is 7.91. The summed E-state index contributed by atoms with van der Waals surface area (Å²) in [5, 5.41) is 2.80. The van der Waals surface area contributed by atoms with Crippen LogP contribution in [0.4, 0.5) is 11.4 Å². The van der Waals surface area contributed by atoms with Gasteiger partial charge in [-0.15, -0.1) is 0 Å². The summed E-state index contributed by atoms with van der Waals surface area (Å²) in [6, 6.07) is 14.0. The van der Waals surface area contributed by atoms with Gasteiger partial charge in [-0.2, -0.15) is 0 Å². The van der Waals surface area contributed by atoms with Crippen molar-refractivity contribution in [3.8, 4) is 0 Å². The van der Waals surface area contributed by atoms with Crippen LogP contribution in [0.3, 0.4) is 0 Å². The highest BCUT2D eigenvalue weighted by molar-refractivity contribution is 7.91. The first kappa shape index (κ1) is 18.5. The number of benzene rings is 2. The van der Waals surface area contributed by atoms with E-state index in [1.165, 1.54) is 25.3 Å². The van der Waals surface area contributed by atoms with Crippen molar-refractivity contribution < 1.29 is 13.2 Å². The Labute approximate surface area is 154 Å². The molecule has 1 aliphatic rings. The quantitative estimate of drug-likeness (QED) is 0.869. The smallest absolute Gasteiger partial charge is 0.256 e. The van der Waals surface area contributed by atoms with Gasteiger partial charge in [-0.05, 0) is 55.7 Å². The Morgan fingerprint density at radius 2 is 1.65 bits per heavy atom. The third-order valence-electron chi connectivity index (χ3n) is 4.69. The molecule has 2 aromatic rings. The second-order valence-corrected chi connectivity index (χ2v) is 8.69. The van der Waals surface area contributed by atoms with E-state index in [1.54, 1.807) is 25.1 Å². The van der Waals surface area contributed by atoms with E-state index in [2.05, 4.69) is 10.2 Å². The monoisotopic (exact) mass is 372 g/mol. The summed E-state index contributed by atoms with van der Waals surface area (Å²) in [4.78, 5) is 15.0. The second-order valence-electron chi connectivity index (χ2n) is 6.45. The molecule has 1 fully saturated rings. The standard InChI is InChI=1S/C20H24N2O3S/c1-2-26(24,25)19-9-5-4-8-18(19)20(23)21-16-10-12-17(13-11-16)22-14-6-3-7-15-22/h4-5,8-13H,2-3,6-7,14-15H2,1H3,(H,21,23). The Morgan fingerprint density at radius 3 is 2.31 bits per heavy atom.